The highest BCUT2D eigenvalue weighted by Gasteiger charge is 2.25. The van der Waals surface area contributed by atoms with Crippen molar-refractivity contribution >= 4 is 17.7 Å². The minimum Gasteiger partial charge on any atom is -0.548 e. The standard InChI is InChI=1S/C7H10N4O4S/c1-10(4-7(12)13)9-8-5-2-3-6(16-5)11(14)15/h3,5H,2,4H2,1H3,(H,12,13)/p-1/b9-8+. The molecule has 8 nitrogen and oxygen atoms in total. The third-order valence-corrected chi connectivity index (χ3v) is 2.74. The number of nitro groups is 1. The molecular formula is C7H9N4O4S-. The molecule has 0 fully saturated rings. The molecule has 1 unspecified atom stereocenters. The van der Waals surface area contributed by atoms with Crippen LogP contribution in [-0.4, -0.2) is 34.9 Å². The van der Waals surface area contributed by atoms with E-state index in [0.717, 1.165) is 16.8 Å². The van der Waals surface area contributed by atoms with Crippen LogP contribution in [0.2, 0.25) is 0 Å². The first-order valence-electron chi connectivity index (χ1n) is 4.32. The first kappa shape index (κ1) is 12.4. The molecule has 0 aromatic rings. The first-order chi connectivity index (χ1) is 7.49. The van der Waals surface area contributed by atoms with Gasteiger partial charge in [0.1, 0.15) is 5.37 Å². The second-order valence-electron chi connectivity index (χ2n) is 3.00. The van der Waals surface area contributed by atoms with Gasteiger partial charge in [-0.15, -0.1) is 0 Å². The number of aliphatic carboxylic acids is 1. The van der Waals surface area contributed by atoms with Gasteiger partial charge in [0.15, 0.2) is 0 Å². The number of carbonyl (C=O) groups is 1. The number of carboxylic acids is 1. The van der Waals surface area contributed by atoms with Crippen LogP contribution in [0.15, 0.2) is 21.4 Å². The molecule has 0 saturated heterocycles. The third kappa shape index (κ3) is 3.85. The van der Waals surface area contributed by atoms with Crippen molar-refractivity contribution in [3.8, 4) is 0 Å². The molecule has 1 aliphatic rings. The van der Waals surface area contributed by atoms with E-state index in [0.29, 0.717) is 6.42 Å². The summed E-state index contributed by atoms with van der Waals surface area (Å²) in [6, 6.07) is 0. The molecule has 0 amide bonds. The van der Waals surface area contributed by atoms with Crippen LogP contribution in [-0.2, 0) is 4.79 Å². The van der Waals surface area contributed by atoms with Crippen molar-refractivity contribution in [1.82, 2.24) is 5.01 Å². The average Bonchev–Trinajstić information content (AvgIpc) is 2.61. The molecule has 9 heteroatoms. The van der Waals surface area contributed by atoms with Crippen molar-refractivity contribution in [2.75, 3.05) is 13.6 Å². The normalized spacial score (nSPS) is 19.8. The van der Waals surface area contributed by atoms with Crippen molar-refractivity contribution in [2.45, 2.75) is 11.8 Å². The van der Waals surface area contributed by atoms with Gasteiger partial charge < -0.3 is 9.90 Å². The van der Waals surface area contributed by atoms with Gasteiger partial charge in [-0.1, -0.05) is 5.22 Å². The van der Waals surface area contributed by atoms with Crippen LogP contribution in [0.1, 0.15) is 6.42 Å². The molecule has 0 aromatic heterocycles. The lowest BCUT2D eigenvalue weighted by Gasteiger charge is -2.11. The van der Waals surface area contributed by atoms with Gasteiger partial charge >= 0.3 is 5.03 Å². The van der Waals surface area contributed by atoms with E-state index < -0.39 is 10.9 Å². The second kappa shape index (κ2) is 5.45. The van der Waals surface area contributed by atoms with Gasteiger partial charge in [-0.05, 0) is 11.8 Å². The van der Waals surface area contributed by atoms with Crippen molar-refractivity contribution in [3.63, 3.8) is 0 Å². The maximum Gasteiger partial charge on any atom is 0.301 e. The molecule has 1 heterocycles. The number of hydrogen-bond donors (Lipinski definition) is 0. The number of hydrogen-bond acceptors (Lipinski definition) is 7. The number of likely N-dealkylation sites (N-methyl/N-ethyl adjacent to an activating group) is 1. The van der Waals surface area contributed by atoms with Crippen LogP contribution in [0.4, 0.5) is 0 Å². The zero-order chi connectivity index (χ0) is 12.1. The van der Waals surface area contributed by atoms with Gasteiger partial charge in [-0.2, -0.15) is 5.11 Å². The van der Waals surface area contributed by atoms with Crippen molar-refractivity contribution < 1.29 is 14.8 Å². The van der Waals surface area contributed by atoms with Gasteiger partial charge in [-0.3, -0.25) is 15.1 Å². The summed E-state index contributed by atoms with van der Waals surface area (Å²) in [5.74, 6) is -1.26. The van der Waals surface area contributed by atoms with E-state index in [1.165, 1.54) is 13.1 Å². The quantitative estimate of drug-likeness (QED) is 0.370. The fourth-order valence-electron chi connectivity index (χ4n) is 0.990. The first-order valence-corrected chi connectivity index (χ1v) is 5.20. The third-order valence-electron chi connectivity index (χ3n) is 1.62. The Morgan fingerprint density at radius 2 is 2.50 bits per heavy atom. The van der Waals surface area contributed by atoms with Gasteiger partial charge in [0, 0.05) is 19.5 Å². The SMILES string of the molecule is CN(CC(=O)[O-])/N=N/C1CC=C([N+](=O)[O-])S1. The molecule has 1 atom stereocenters. The number of thioether (sulfide) groups is 1. The monoisotopic (exact) mass is 245 g/mol. The van der Waals surface area contributed by atoms with Gasteiger partial charge in [0.25, 0.3) is 0 Å². The molecule has 0 aromatic carbocycles. The fraction of sp³-hybridized carbons (Fsp3) is 0.571. The zero-order valence-electron chi connectivity index (χ0n) is 8.40. The van der Waals surface area contributed by atoms with Crippen molar-refractivity contribution in [3.05, 3.63) is 21.2 Å². The minimum absolute atomic E-state index is 0.0477. The lowest BCUT2D eigenvalue weighted by atomic mass is 10.4. The maximum absolute atomic E-state index is 10.4. The lowest BCUT2D eigenvalue weighted by molar-refractivity contribution is -0.410. The van der Waals surface area contributed by atoms with E-state index >= 15 is 0 Å². The smallest absolute Gasteiger partial charge is 0.301 e. The number of carbonyl (C=O) groups excluding carboxylic acids is 1. The van der Waals surface area contributed by atoms with E-state index in [-0.39, 0.29) is 16.9 Å². The molecule has 0 bridgehead atoms. The highest BCUT2D eigenvalue weighted by Crippen LogP contribution is 2.33. The average molecular weight is 245 g/mol. The molecule has 0 saturated carbocycles. The van der Waals surface area contributed by atoms with E-state index in [4.69, 9.17) is 0 Å². The van der Waals surface area contributed by atoms with Crippen LogP contribution >= 0.6 is 11.8 Å². The Morgan fingerprint density at radius 1 is 1.81 bits per heavy atom. The molecule has 16 heavy (non-hydrogen) atoms. The van der Waals surface area contributed by atoms with Crippen LogP contribution in [0.5, 0.6) is 0 Å². The summed E-state index contributed by atoms with van der Waals surface area (Å²) in [6.45, 7) is -0.365. The largest absolute Gasteiger partial charge is 0.548 e. The Morgan fingerprint density at radius 3 is 3.00 bits per heavy atom. The van der Waals surface area contributed by atoms with Gasteiger partial charge in [-0.25, -0.2) is 0 Å². The summed E-state index contributed by atoms with van der Waals surface area (Å²) in [5, 5.41) is 28.7. The fourth-order valence-corrected chi connectivity index (χ4v) is 1.83. The van der Waals surface area contributed by atoms with E-state index in [2.05, 4.69) is 10.3 Å². The summed E-state index contributed by atoms with van der Waals surface area (Å²) < 4.78 is 0. The Kier molecular flexibility index (Phi) is 4.23. The predicted octanol–water partition coefficient (Wildman–Crippen LogP) is -0.384. The van der Waals surface area contributed by atoms with E-state index in [1.807, 2.05) is 0 Å². The number of carboxylic acid groups (broad SMARTS) is 1. The molecule has 0 N–H and O–H groups in total. The summed E-state index contributed by atoms with van der Waals surface area (Å²) >= 11 is 0.992. The predicted molar refractivity (Wildman–Crippen MR) is 53.6 cm³/mol. The topological polar surface area (TPSA) is 111 Å². The molecule has 88 valence electrons. The molecule has 0 aliphatic carbocycles. The molecular weight excluding hydrogens is 236 g/mol. The zero-order valence-corrected chi connectivity index (χ0v) is 9.22. The Balaban J connectivity index is 2.38. The Labute approximate surface area is 95.1 Å². The highest BCUT2D eigenvalue weighted by atomic mass is 32.2. The number of nitrogens with zero attached hydrogens (tertiary/aromatic N) is 4. The van der Waals surface area contributed by atoms with Crippen LogP contribution in [0.3, 0.4) is 0 Å². The number of rotatable bonds is 5. The van der Waals surface area contributed by atoms with Crippen LogP contribution in [0, 0.1) is 10.1 Å². The Hall–Kier alpha value is -1.64. The highest BCUT2D eigenvalue weighted by molar-refractivity contribution is 8.03. The summed E-state index contributed by atoms with van der Waals surface area (Å²) in [7, 11) is 1.43. The van der Waals surface area contributed by atoms with E-state index in [1.54, 1.807) is 0 Å². The lowest BCUT2D eigenvalue weighted by Crippen LogP contribution is -2.33. The summed E-state index contributed by atoms with van der Waals surface area (Å²) in [6.07, 6.45) is 1.89. The molecule has 1 aliphatic heterocycles. The molecule has 1 rings (SSSR count). The Bertz CT molecular complexity index is 356. The van der Waals surface area contributed by atoms with Crippen molar-refractivity contribution in [2.24, 2.45) is 10.3 Å². The maximum atomic E-state index is 10.4. The van der Waals surface area contributed by atoms with Gasteiger partial charge in [0.2, 0.25) is 0 Å². The van der Waals surface area contributed by atoms with E-state index in [9.17, 15) is 20.0 Å². The van der Waals surface area contributed by atoms with Crippen LogP contribution < -0.4 is 5.11 Å². The summed E-state index contributed by atoms with van der Waals surface area (Å²) in [5.41, 5.74) is 0. The van der Waals surface area contributed by atoms with Gasteiger partial charge in [0.05, 0.1) is 17.4 Å². The van der Waals surface area contributed by atoms with Crippen LogP contribution in [0.25, 0.3) is 0 Å². The molecule has 0 spiro atoms. The van der Waals surface area contributed by atoms with Crippen molar-refractivity contribution in [1.29, 1.82) is 0 Å². The second-order valence-corrected chi connectivity index (χ2v) is 4.20. The molecule has 0 radical (unpaired) electrons. The summed E-state index contributed by atoms with van der Waals surface area (Å²) in [4.78, 5) is 20.1. The minimum atomic E-state index is -1.26.